The molecule has 1 fully saturated rings. The molecule has 2 unspecified atom stereocenters. The van der Waals surface area contributed by atoms with E-state index in [2.05, 4.69) is 15.9 Å². The number of rotatable bonds is 1. The van der Waals surface area contributed by atoms with E-state index < -0.39 is 5.97 Å². The average molecular weight is 221 g/mol. The summed E-state index contributed by atoms with van der Waals surface area (Å²) in [5.41, 5.74) is 0. The lowest BCUT2D eigenvalue weighted by atomic mass is 9.88. The Morgan fingerprint density at radius 3 is 2.73 bits per heavy atom. The molecule has 11 heavy (non-hydrogen) atoms. The van der Waals surface area contributed by atoms with Crippen molar-refractivity contribution in [2.24, 2.45) is 5.92 Å². The van der Waals surface area contributed by atoms with Crippen molar-refractivity contribution in [3.05, 3.63) is 0 Å². The lowest BCUT2D eigenvalue weighted by Crippen LogP contribution is -2.29. The number of hydrogen-bond donors (Lipinski definition) is 1. The van der Waals surface area contributed by atoms with Crippen LogP contribution in [0.3, 0.4) is 0 Å². The van der Waals surface area contributed by atoms with Gasteiger partial charge in [-0.05, 0) is 12.8 Å². The Morgan fingerprint density at radius 1 is 1.64 bits per heavy atom. The summed E-state index contributed by atoms with van der Waals surface area (Å²) in [5, 5.41) is 8.61. The van der Waals surface area contributed by atoms with Gasteiger partial charge in [0.25, 0.3) is 0 Å². The van der Waals surface area contributed by atoms with Gasteiger partial charge in [0.2, 0.25) is 0 Å². The highest BCUT2D eigenvalue weighted by Gasteiger charge is 2.30. The van der Waals surface area contributed by atoms with E-state index in [-0.39, 0.29) is 16.5 Å². The van der Waals surface area contributed by atoms with Crippen molar-refractivity contribution in [2.45, 2.75) is 24.1 Å². The van der Waals surface area contributed by atoms with Gasteiger partial charge in [-0.2, -0.15) is 0 Å². The number of alkyl halides is 1. The van der Waals surface area contributed by atoms with Gasteiger partial charge in [-0.3, -0.25) is 9.59 Å². The molecule has 0 aromatic carbocycles. The first kappa shape index (κ1) is 8.71. The third-order valence-electron chi connectivity index (χ3n) is 1.93. The fourth-order valence-electron chi connectivity index (χ4n) is 1.20. The van der Waals surface area contributed by atoms with Crippen LogP contribution in [0.5, 0.6) is 0 Å². The molecule has 1 aliphatic carbocycles. The van der Waals surface area contributed by atoms with Crippen LogP contribution in [-0.2, 0) is 9.59 Å². The van der Waals surface area contributed by atoms with E-state index >= 15 is 0 Å². The van der Waals surface area contributed by atoms with Crippen LogP contribution < -0.4 is 0 Å². The number of hydrogen-bond acceptors (Lipinski definition) is 2. The van der Waals surface area contributed by atoms with Crippen molar-refractivity contribution in [3.63, 3.8) is 0 Å². The molecule has 1 N–H and O–H groups in total. The summed E-state index contributed by atoms with van der Waals surface area (Å²) in [6.45, 7) is 0. The van der Waals surface area contributed by atoms with E-state index in [4.69, 9.17) is 5.11 Å². The molecule has 0 bridgehead atoms. The van der Waals surface area contributed by atoms with E-state index in [0.717, 1.165) is 0 Å². The van der Waals surface area contributed by atoms with Crippen LogP contribution in [0.15, 0.2) is 0 Å². The molecule has 0 aromatic heterocycles. The Labute approximate surface area is 72.9 Å². The van der Waals surface area contributed by atoms with Crippen LogP contribution in [0.1, 0.15) is 19.3 Å². The minimum absolute atomic E-state index is 0.127. The van der Waals surface area contributed by atoms with E-state index in [9.17, 15) is 9.59 Å². The summed E-state index contributed by atoms with van der Waals surface area (Å²) >= 11 is 3.15. The first-order chi connectivity index (χ1) is 5.11. The van der Waals surface area contributed by atoms with Gasteiger partial charge in [0.1, 0.15) is 5.78 Å². The average Bonchev–Trinajstić information content (AvgIpc) is 1.94. The highest BCUT2D eigenvalue weighted by atomic mass is 79.9. The van der Waals surface area contributed by atoms with Crippen molar-refractivity contribution < 1.29 is 14.7 Å². The van der Waals surface area contributed by atoms with Gasteiger partial charge in [0.15, 0.2) is 0 Å². The topological polar surface area (TPSA) is 54.4 Å². The lowest BCUT2D eigenvalue weighted by Gasteiger charge is -2.20. The van der Waals surface area contributed by atoms with E-state index in [1.807, 2.05) is 0 Å². The van der Waals surface area contributed by atoms with Crippen LogP contribution in [0.25, 0.3) is 0 Å². The van der Waals surface area contributed by atoms with Gasteiger partial charge >= 0.3 is 5.97 Å². The molecule has 0 spiro atoms. The highest BCUT2D eigenvalue weighted by Crippen LogP contribution is 2.26. The molecule has 0 radical (unpaired) electrons. The second kappa shape index (κ2) is 3.34. The number of carbonyl (C=O) groups is 2. The minimum Gasteiger partial charge on any atom is -0.481 e. The van der Waals surface area contributed by atoms with Crippen LogP contribution in [0.4, 0.5) is 0 Å². The first-order valence-corrected chi connectivity index (χ1v) is 4.42. The largest absolute Gasteiger partial charge is 0.481 e. The Morgan fingerprint density at radius 2 is 2.27 bits per heavy atom. The van der Waals surface area contributed by atoms with Gasteiger partial charge in [-0.15, -0.1) is 0 Å². The van der Waals surface area contributed by atoms with Crippen LogP contribution in [0, 0.1) is 5.92 Å². The number of carboxylic acid groups (broad SMARTS) is 1. The summed E-state index contributed by atoms with van der Waals surface area (Å²) in [7, 11) is 0. The first-order valence-electron chi connectivity index (χ1n) is 3.51. The molecular weight excluding hydrogens is 212 g/mol. The fraction of sp³-hybridized carbons (Fsp3) is 0.714. The predicted octanol–water partition coefficient (Wildman–Crippen LogP) is 1.20. The number of ketones is 1. The maximum Gasteiger partial charge on any atom is 0.306 e. The van der Waals surface area contributed by atoms with Crippen molar-refractivity contribution in [3.8, 4) is 0 Å². The standard InChI is InChI=1S/C7H9BrO3/c8-5-3-4(7(10)11)1-2-6(5)9/h4-5H,1-3H2,(H,10,11). The van der Waals surface area contributed by atoms with Crippen LogP contribution in [-0.4, -0.2) is 21.7 Å². The van der Waals surface area contributed by atoms with Gasteiger partial charge < -0.3 is 5.11 Å². The maximum atomic E-state index is 10.9. The molecule has 0 aliphatic heterocycles. The number of carbonyl (C=O) groups excluding carboxylic acids is 1. The van der Waals surface area contributed by atoms with Crippen molar-refractivity contribution >= 4 is 27.7 Å². The highest BCUT2D eigenvalue weighted by molar-refractivity contribution is 9.10. The molecular formula is C7H9BrO3. The second-order valence-electron chi connectivity index (χ2n) is 2.74. The zero-order valence-electron chi connectivity index (χ0n) is 5.92. The van der Waals surface area contributed by atoms with E-state index in [0.29, 0.717) is 19.3 Å². The molecule has 62 valence electrons. The Balaban J connectivity index is 2.52. The molecule has 1 aliphatic rings. The summed E-state index contributed by atoms with van der Waals surface area (Å²) in [6.07, 6.45) is 1.33. The summed E-state index contributed by atoms with van der Waals surface area (Å²) < 4.78 is 0. The fourth-order valence-corrected chi connectivity index (χ4v) is 1.88. The third kappa shape index (κ3) is 2.02. The Hall–Kier alpha value is -0.380. The van der Waals surface area contributed by atoms with Crippen molar-refractivity contribution in [1.29, 1.82) is 0 Å². The molecule has 0 saturated heterocycles. The van der Waals surface area contributed by atoms with Crippen molar-refractivity contribution in [2.75, 3.05) is 0 Å². The zero-order chi connectivity index (χ0) is 8.43. The monoisotopic (exact) mass is 220 g/mol. The second-order valence-corrected chi connectivity index (χ2v) is 3.85. The molecule has 0 amide bonds. The van der Waals surface area contributed by atoms with Crippen LogP contribution in [0.2, 0.25) is 0 Å². The summed E-state index contributed by atoms with van der Waals surface area (Å²) in [4.78, 5) is 21.2. The molecule has 0 aromatic rings. The van der Waals surface area contributed by atoms with E-state index in [1.165, 1.54) is 0 Å². The van der Waals surface area contributed by atoms with Gasteiger partial charge in [-0.1, -0.05) is 15.9 Å². The molecule has 1 saturated carbocycles. The molecule has 0 heterocycles. The van der Waals surface area contributed by atoms with Gasteiger partial charge in [0.05, 0.1) is 10.7 Å². The maximum absolute atomic E-state index is 10.9. The number of aliphatic carboxylic acids is 1. The minimum atomic E-state index is -0.790. The third-order valence-corrected chi connectivity index (χ3v) is 2.81. The predicted molar refractivity (Wildman–Crippen MR) is 42.7 cm³/mol. The molecule has 3 nitrogen and oxygen atoms in total. The number of carboxylic acids is 1. The Kier molecular flexibility index (Phi) is 2.65. The Bertz CT molecular complexity index is 190. The number of halogens is 1. The molecule has 2 atom stereocenters. The van der Waals surface area contributed by atoms with Gasteiger partial charge in [0, 0.05) is 6.42 Å². The normalized spacial score (nSPS) is 31.9. The van der Waals surface area contributed by atoms with Crippen molar-refractivity contribution in [1.82, 2.24) is 0 Å². The quantitative estimate of drug-likeness (QED) is 0.677. The van der Waals surface area contributed by atoms with Crippen LogP contribution >= 0.6 is 15.9 Å². The lowest BCUT2D eigenvalue weighted by molar-refractivity contribution is -0.143. The molecule has 4 heteroatoms. The molecule has 1 rings (SSSR count). The summed E-state index contributed by atoms with van der Waals surface area (Å²) in [5.74, 6) is -0.999. The zero-order valence-corrected chi connectivity index (χ0v) is 7.50. The smallest absolute Gasteiger partial charge is 0.306 e. The summed E-state index contributed by atoms with van der Waals surface area (Å²) in [6, 6.07) is 0. The SMILES string of the molecule is O=C1CCC(C(=O)O)CC1Br. The van der Waals surface area contributed by atoms with Gasteiger partial charge in [-0.25, -0.2) is 0 Å². The van der Waals surface area contributed by atoms with E-state index in [1.54, 1.807) is 0 Å². The number of Topliss-reactive ketones (excluding diaryl/α,β-unsaturated/α-hetero) is 1.